The quantitative estimate of drug-likeness (QED) is 0.326. The lowest BCUT2D eigenvalue weighted by Crippen LogP contribution is -2.03. The molecule has 0 spiro atoms. The van der Waals surface area contributed by atoms with Crippen LogP contribution in [0.3, 0.4) is 0 Å². The van der Waals surface area contributed by atoms with E-state index in [2.05, 4.69) is 21.6 Å². The van der Waals surface area contributed by atoms with Crippen molar-refractivity contribution in [2.75, 3.05) is 20.3 Å². The molecule has 29 heavy (non-hydrogen) atoms. The lowest BCUT2D eigenvalue weighted by molar-refractivity contribution is -0.128. The summed E-state index contributed by atoms with van der Waals surface area (Å²) in [6.45, 7) is 3.73. The van der Waals surface area contributed by atoms with Crippen LogP contribution in [0.15, 0.2) is 6.20 Å². The summed E-state index contributed by atoms with van der Waals surface area (Å²) >= 11 is 0. The molecule has 0 fully saturated rings. The number of hydrogen-bond acceptors (Lipinski definition) is 7. The fourth-order valence-corrected chi connectivity index (χ4v) is 1.88. The van der Waals surface area contributed by atoms with Gasteiger partial charge in [-0.3, -0.25) is 14.6 Å². The van der Waals surface area contributed by atoms with E-state index < -0.39 is 0 Å². The molecule has 0 amide bonds. The highest BCUT2D eigenvalue weighted by Crippen LogP contribution is 2.24. The van der Waals surface area contributed by atoms with Gasteiger partial charge in [0.15, 0.2) is 0 Å². The van der Waals surface area contributed by atoms with Gasteiger partial charge < -0.3 is 24.4 Å². The molecule has 0 aromatic carbocycles. The van der Waals surface area contributed by atoms with Crippen molar-refractivity contribution in [1.82, 2.24) is 4.98 Å². The van der Waals surface area contributed by atoms with E-state index in [1.807, 2.05) is 0 Å². The van der Waals surface area contributed by atoms with Crippen LogP contribution in [-0.4, -0.2) is 48.5 Å². The van der Waals surface area contributed by atoms with Crippen molar-refractivity contribution in [2.24, 2.45) is 0 Å². The zero-order chi connectivity index (χ0) is 22.3. The van der Waals surface area contributed by atoms with Crippen LogP contribution in [0.1, 0.15) is 42.5 Å². The van der Waals surface area contributed by atoms with Gasteiger partial charge in [0.2, 0.25) is 0 Å². The van der Waals surface area contributed by atoms with Crippen molar-refractivity contribution in [2.45, 2.75) is 45.8 Å². The Bertz CT molecular complexity index is 648. The number of carboxylic acid groups (broad SMARTS) is 1. The van der Waals surface area contributed by atoms with E-state index in [9.17, 15) is 9.90 Å². The summed E-state index contributed by atoms with van der Waals surface area (Å²) < 4.78 is 14.9. The van der Waals surface area contributed by atoms with Gasteiger partial charge in [0.05, 0.1) is 25.5 Å². The van der Waals surface area contributed by atoms with E-state index in [1.54, 1.807) is 20.2 Å². The monoisotopic (exact) mass is 407 g/mol. The Morgan fingerprint density at radius 1 is 1.14 bits per heavy atom. The van der Waals surface area contributed by atoms with Crippen LogP contribution in [0.25, 0.3) is 0 Å². The van der Waals surface area contributed by atoms with Crippen LogP contribution in [0.5, 0.6) is 5.75 Å². The zero-order valence-corrected chi connectivity index (χ0v) is 16.9. The van der Waals surface area contributed by atoms with E-state index in [-0.39, 0.29) is 12.2 Å². The fourth-order valence-electron chi connectivity index (χ4n) is 1.88. The van der Waals surface area contributed by atoms with Crippen molar-refractivity contribution in [3.05, 3.63) is 23.0 Å². The number of ether oxygens (including phenoxy) is 3. The summed E-state index contributed by atoms with van der Waals surface area (Å²) in [6.07, 6.45) is 14.8. The number of terminal acetylenes is 2. The summed E-state index contributed by atoms with van der Waals surface area (Å²) in [5.74, 6) is 5.17. The number of hydrogen-bond donors (Lipinski definition) is 2. The molecule has 0 aliphatic carbocycles. The highest BCUT2D eigenvalue weighted by molar-refractivity contribution is 5.40. The third-order valence-electron chi connectivity index (χ3n) is 3.24. The fraction of sp³-hybridized carbons (Fsp3) is 0.476. The molecule has 0 atom stereocenters. The van der Waals surface area contributed by atoms with Crippen LogP contribution in [0, 0.1) is 31.6 Å². The molecule has 2 N–H and O–H groups in total. The summed E-state index contributed by atoms with van der Waals surface area (Å²) in [5.41, 5.74) is 2.18. The molecule has 0 saturated heterocycles. The Labute approximate surface area is 172 Å². The Morgan fingerprint density at radius 2 is 1.72 bits per heavy atom. The van der Waals surface area contributed by atoms with Crippen molar-refractivity contribution < 1.29 is 34.0 Å². The lowest BCUT2D eigenvalue weighted by Gasteiger charge is -2.12. The first kappa shape index (κ1) is 28.1. The average Bonchev–Trinajstić information content (AvgIpc) is 2.71. The minimum absolute atomic E-state index is 0.182. The molecule has 8 heteroatoms. The molecule has 0 aliphatic heterocycles. The number of aryl methyl sites for hydroxylation is 1. The molecule has 1 aromatic rings. The molecule has 0 saturated carbocycles. The maximum atomic E-state index is 9.93. The van der Waals surface area contributed by atoms with Crippen LogP contribution >= 0.6 is 0 Å². The summed E-state index contributed by atoms with van der Waals surface area (Å²) in [6, 6.07) is 0. The Morgan fingerprint density at radius 3 is 2.24 bits per heavy atom. The van der Waals surface area contributed by atoms with Crippen molar-refractivity contribution in [3.63, 3.8) is 0 Å². The topological polar surface area (TPSA) is 115 Å². The summed E-state index contributed by atoms with van der Waals surface area (Å²) in [5, 5.41) is 16.8. The Balaban J connectivity index is 0. The second kappa shape index (κ2) is 21.2. The summed E-state index contributed by atoms with van der Waals surface area (Å²) in [7, 11) is 1.59. The Kier molecular flexibility index (Phi) is 20.6. The molecular formula is C21H29NO7. The van der Waals surface area contributed by atoms with Gasteiger partial charge in [0.1, 0.15) is 5.75 Å². The van der Waals surface area contributed by atoms with E-state index in [1.165, 1.54) is 0 Å². The number of unbranched alkanes of at least 4 members (excludes halogenated alkanes) is 2. The maximum absolute atomic E-state index is 9.93. The largest absolute Gasteiger partial charge is 0.506 e. The normalized spacial score (nSPS) is 8.83. The molecule has 1 aromatic heterocycles. The molecule has 8 nitrogen and oxygen atoms in total. The predicted molar refractivity (Wildman–Crippen MR) is 108 cm³/mol. The number of pyridine rings is 1. The molecule has 0 radical (unpaired) electrons. The molecule has 160 valence electrons. The maximum Gasteiger partial charge on any atom is 0.293 e. The summed E-state index contributed by atoms with van der Waals surface area (Å²) in [4.78, 5) is 22.0. The molecule has 0 bridgehead atoms. The van der Waals surface area contributed by atoms with Gasteiger partial charge in [0, 0.05) is 43.9 Å². The number of carbonyl (C=O) groups is 2. The van der Waals surface area contributed by atoms with E-state index in [0.717, 1.165) is 24.0 Å². The average molecular weight is 407 g/mol. The second-order valence-electron chi connectivity index (χ2n) is 5.37. The third kappa shape index (κ3) is 15.7. The van der Waals surface area contributed by atoms with Gasteiger partial charge in [-0.05, 0) is 19.8 Å². The van der Waals surface area contributed by atoms with Crippen LogP contribution in [0.4, 0.5) is 0 Å². The van der Waals surface area contributed by atoms with E-state index >= 15 is 0 Å². The van der Waals surface area contributed by atoms with Crippen LogP contribution < -0.4 is 0 Å². The van der Waals surface area contributed by atoms with Gasteiger partial charge in [-0.2, -0.15) is 0 Å². The first-order valence-corrected chi connectivity index (χ1v) is 8.76. The van der Waals surface area contributed by atoms with Gasteiger partial charge in [0.25, 0.3) is 12.9 Å². The van der Waals surface area contributed by atoms with Crippen molar-refractivity contribution in [3.8, 4) is 30.4 Å². The lowest BCUT2D eigenvalue weighted by atomic mass is 10.1. The van der Waals surface area contributed by atoms with Gasteiger partial charge >= 0.3 is 0 Å². The number of carbonyl (C=O) groups excluding carboxylic acids is 1. The Hall–Kier alpha value is -3.07. The van der Waals surface area contributed by atoms with Crippen molar-refractivity contribution in [1.29, 1.82) is 0 Å². The minimum Gasteiger partial charge on any atom is -0.506 e. The first-order valence-electron chi connectivity index (χ1n) is 8.76. The molecule has 1 heterocycles. The van der Waals surface area contributed by atoms with E-state index in [4.69, 9.17) is 32.2 Å². The molecular weight excluding hydrogens is 378 g/mol. The second-order valence-corrected chi connectivity index (χ2v) is 5.37. The van der Waals surface area contributed by atoms with Crippen LogP contribution in [0.2, 0.25) is 0 Å². The van der Waals surface area contributed by atoms with Crippen LogP contribution in [-0.2, 0) is 37.0 Å². The number of nitrogens with zero attached hydrogens (tertiary/aromatic N) is 1. The number of aromatic hydroxyl groups is 1. The third-order valence-corrected chi connectivity index (χ3v) is 3.24. The SMILES string of the molecule is C#CCCCOC=O.C#CCCCOCc1cnc(C)c(O)c1COC.O=CO. The zero-order valence-electron chi connectivity index (χ0n) is 16.9. The number of rotatable bonds is 11. The van der Waals surface area contributed by atoms with Gasteiger partial charge in [-0.1, -0.05) is 0 Å². The smallest absolute Gasteiger partial charge is 0.293 e. The highest BCUT2D eigenvalue weighted by Gasteiger charge is 2.11. The van der Waals surface area contributed by atoms with Crippen molar-refractivity contribution >= 4 is 12.9 Å². The molecule has 0 aliphatic rings. The predicted octanol–water partition coefficient (Wildman–Crippen LogP) is 2.45. The molecule has 1 rings (SSSR count). The molecule has 0 unspecified atom stereocenters. The van der Waals surface area contributed by atoms with E-state index in [0.29, 0.717) is 51.4 Å². The van der Waals surface area contributed by atoms with Gasteiger partial charge in [-0.25, -0.2) is 0 Å². The first-order chi connectivity index (χ1) is 14.0. The number of methoxy groups -OCH3 is 1. The standard InChI is InChI=1S/C14H19NO3.C6H8O2.CH2O2/c1-4-5-6-7-18-9-12-8-15-11(2)14(16)13(12)10-17-3;1-2-3-4-5-8-6-7;2-1-3/h1,8,16H,5-7,9-10H2,2-3H3;1,6H,3-5H2;1H,(H,2,3). The number of aromatic nitrogens is 1. The minimum atomic E-state index is -0.250. The highest BCUT2D eigenvalue weighted by atomic mass is 16.5. The van der Waals surface area contributed by atoms with Gasteiger partial charge in [-0.15, -0.1) is 24.7 Å².